The molecule has 1 N–H and O–H groups in total. The second-order valence-electron chi connectivity index (χ2n) is 6.07. The summed E-state index contributed by atoms with van der Waals surface area (Å²) in [6.07, 6.45) is 3.29. The number of para-hydroxylation sites is 2. The lowest BCUT2D eigenvalue weighted by atomic mass is 10.1. The number of fused-ring (bicyclic) bond motifs is 1. The molecule has 1 aliphatic heterocycles. The van der Waals surface area contributed by atoms with Gasteiger partial charge in [0.1, 0.15) is 0 Å². The van der Waals surface area contributed by atoms with E-state index in [1.807, 2.05) is 24.3 Å². The third-order valence-electron chi connectivity index (χ3n) is 4.21. The van der Waals surface area contributed by atoms with Gasteiger partial charge < -0.3 is 9.84 Å². The molecule has 1 amide bonds. The number of aromatic hydroxyl groups is 1. The van der Waals surface area contributed by atoms with Crippen molar-refractivity contribution in [1.82, 2.24) is 9.88 Å². The Kier molecular flexibility index (Phi) is 5.37. The first-order chi connectivity index (χ1) is 14.1. The predicted octanol–water partition coefficient (Wildman–Crippen LogP) is 4.80. The van der Waals surface area contributed by atoms with E-state index in [4.69, 9.17) is 4.74 Å². The predicted molar refractivity (Wildman–Crippen MR) is 119 cm³/mol. The van der Waals surface area contributed by atoms with Crippen molar-refractivity contribution < 1.29 is 14.6 Å². The Morgan fingerprint density at radius 3 is 2.86 bits per heavy atom. The van der Waals surface area contributed by atoms with Gasteiger partial charge in [-0.2, -0.15) is 4.99 Å². The number of thiazole rings is 1. The molecule has 1 fully saturated rings. The van der Waals surface area contributed by atoms with Gasteiger partial charge in [-0.15, -0.1) is 6.58 Å². The van der Waals surface area contributed by atoms with Crippen LogP contribution in [0.15, 0.2) is 65.0 Å². The number of hydrogen-bond acceptors (Lipinski definition) is 7. The Bertz CT molecular complexity index is 1130. The van der Waals surface area contributed by atoms with Crippen molar-refractivity contribution >= 4 is 55.6 Å². The summed E-state index contributed by atoms with van der Waals surface area (Å²) in [5.74, 6) is 0.140. The summed E-state index contributed by atoms with van der Waals surface area (Å²) < 4.78 is 6.18. The molecule has 0 spiro atoms. The zero-order valence-corrected chi connectivity index (χ0v) is 17.2. The van der Waals surface area contributed by atoms with Gasteiger partial charge in [0.15, 0.2) is 16.7 Å². The first-order valence-electron chi connectivity index (χ1n) is 8.73. The molecule has 0 saturated carbocycles. The number of phenolic OH excluding ortho intramolecular Hbond substituents is 1. The maximum absolute atomic E-state index is 12.9. The molecule has 3 aromatic rings. The fourth-order valence-corrected chi connectivity index (χ4v) is 4.71. The van der Waals surface area contributed by atoms with Crippen LogP contribution in [0, 0.1) is 0 Å². The normalized spacial score (nSPS) is 16.9. The summed E-state index contributed by atoms with van der Waals surface area (Å²) in [4.78, 5) is 24.0. The van der Waals surface area contributed by atoms with Gasteiger partial charge in [0.05, 0.1) is 22.2 Å². The summed E-state index contributed by atoms with van der Waals surface area (Å²) in [5.41, 5.74) is 1.37. The van der Waals surface area contributed by atoms with Crippen molar-refractivity contribution in [3.63, 3.8) is 0 Å². The highest BCUT2D eigenvalue weighted by atomic mass is 32.2. The van der Waals surface area contributed by atoms with Gasteiger partial charge in [-0.25, -0.2) is 4.98 Å². The average Bonchev–Trinajstić information content (AvgIpc) is 3.25. The highest BCUT2D eigenvalue weighted by Gasteiger charge is 2.33. The highest BCUT2D eigenvalue weighted by Crippen LogP contribution is 2.38. The summed E-state index contributed by atoms with van der Waals surface area (Å²) >= 11 is 2.71. The minimum Gasteiger partial charge on any atom is -0.504 e. The van der Waals surface area contributed by atoms with Gasteiger partial charge in [0, 0.05) is 12.1 Å². The van der Waals surface area contributed by atoms with Gasteiger partial charge >= 0.3 is 0 Å². The minimum atomic E-state index is -0.197. The van der Waals surface area contributed by atoms with E-state index in [0.29, 0.717) is 33.1 Å². The van der Waals surface area contributed by atoms with Crippen LogP contribution >= 0.6 is 23.1 Å². The number of benzene rings is 2. The second kappa shape index (κ2) is 8.10. The van der Waals surface area contributed by atoms with E-state index in [9.17, 15) is 9.90 Å². The van der Waals surface area contributed by atoms with E-state index in [1.165, 1.54) is 30.2 Å². The molecule has 146 valence electrons. The fourth-order valence-electron chi connectivity index (χ4n) is 2.83. The molecule has 0 unspecified atom stereocenters. The molecule has 0 radical (unpaired) electrons. The van der Waals surface area contributed by atoms with E-state index in [1.54, 1.807) is 35.3 Å². The number of hydrogen-bond donors (Lipinski definition) is 1. The molecule has 2 aromatic carbocycles. The highest BCUT2D eigenvalue weighted by molar-refractivity contribution is 8.18. The van der Waals surface area contributed by atoms with Gasteiger partial charge in [-0.3, -0.25) is 9.69 Å². The van der Waals surface area contributed by atoms with Crippen LogP contribution in [0.4, 0.5) is 5.13 Å². The lowest BCUT2D eigenvalue weighted by molar-refractivity contribution is -0.121. The summed E-state index contributed by atoms with van der Waals surface area (Å²) in [5, 5.41) is 11.4. The van der Waals surface area contributed by atoms with Crippen molar-refractivity contribution in [3.8, 4) is 11.5 Å². The quantitative estimate of drug-likeness (QED) is 0.471. The minimum absolute atomic E-state index is 0.0114. The Morgan fingerprint density at radius 1 is 1.28 bits per heavy atom. The van der Waals surface area contributed by atoms with Crippen molar-refractivity contribution in [2.75, 3.05) is 13.7 Å². The molecule has 8 heteroatoms. The molecule has 6 nitrogen and oxygen atoms in total. The third-order valence-corrected chi connectivity index (χ3v) is 6.15. The molecule has 0 atom stereocenters. The van der Waals surface area contributed by atoms with E-state index in [0.717, 1.165) is 10.2 Å². The van der Waals surface area contributed by atoms with E-state index >= 15 is 0 Å². The zero-order chi connectivity index (χ0) is 20.4. The average molecular weight is 424 g/mol. The first-order valence-corrected chi connectivity index (χ1v) is 10.4. The number of aliphatic imine (C=N–C) groups is 1. The van der Waals surface area contributed by atoms with Crippen molar-refractivity contribution in [2.45, 2.75) is 0 Å². The summed E-state index contributed by atoms with van der Waals surface area (Å²) in [6, 6.07) is 12.9. The molecular weight excluding hydrogens is 406 g/mol. The fraction of sp³-hybridized carbons (Fsp3) is 0.0952. The Balaban J connectivity index is 1.72. The summed E-state index contributed by atoms with van der Waals surface area (Å²) in [7, 11) is 1.48. The largest absolute Gasteiger partial charge is 0.504 e. The monoisotopic (exact) mass is 423 g/mol. The maximum Gasteiger partial charge on any atom is 0.267 e. The number of ether oxygens (including phenoxy) is 1. The number of carbonyl (C=O) groups excluding carboxylic acids is 1. The van der Waals surface area contributed by atoms with Crippen LogP contribution in [0.2, 0.25) is 0 Å². The topological polar surface area (TPSA) is 75.0 Å². The van der Waals surface area contributed by atoms with Crippen molar-refractivity contribution in [1.29, 1.82) is 0 Å². The number of thioether (sulfide) groups is 1. The number of nitrogens with zero attached hydrogens (tertiary/aromatic N) is 3. The third kappa shape index (κ3) is 3.76. The Labute approximate surface area is 175 Å². The number of rotatable bonds is 5. The molecule has 1 aromatic heterocycles. The van der Waals surface area contributed by atoms with Gasteiger partial charge in [-0.1, -0.05) is 41.7 Å². The van der Waals surface area contributed by atoms with Crippen LogP contribution in [-0.4, -0.2) is 39.7 Å². The smallest absolute Gasteiger partial charge is 0.267 e. The van der Waals surface area contributed by atoms with E-state index in [-0.39, 0.29) is 11.7 Å². The van der Waals surface area contributed by atoms with Crippen LogP contribution < -0.4 is 4.74 Å². The lowest BCUT2D eigenvalue weighted by Gasteiger charge is -2.11. The van der Waals surface area contributed by atoms with E-state index in [2.05, 4.69) is 16.6 Å². The Hall–Kier alpha value is -3.10. The van der Waals surface area contributed by atoms with Crippen LogP contribution in [-0.2, 0) is 4.79 Å². The van der Waals surface area contributed by atoms with Crippen LogP contribution in [0.3, 0.4) is 0 Å². The second-order valence-corrected chi connectivity index (χ2v) is 8.09. The van der Waals surface area contributed by atoms with Gasteiger partial charge in [-0.05, 0) is 36.0 Å². The van der Waals surface area contributed by atoms with Gasteiger partial charge in [0.25, 0.3) is 5.91 Å². The number of aromatic nitrogens is 1. The molecular formula is C21H17N3O3S2. The van der Waals surface area contributed by atoms with Crippen LogP contribution in [0.1, 0.15) is 5.56 Å². The standard InChI is InChI=1S/C21H17N3O3S2/c1-3-11-24-19(26)17(12-13-7-6-9-15(27-2)18(13)25)29-21(24)23-20-22-14-8-4-5-10-16(14)28-20/h3-10,12,25H,1,11H2,2H3/b17-12-,23-21+. The molecule has 4 rings (SSSR count). The molecule has 2 heterocycles. The number of phenols is 1. The molecule has 1 saturated heterocycles. The number of carbonyl (C=O) groups is 1. The zero-order valence-electron chi connectivity index (χ0n) is 15.5. The maximum atomic E-state index is 12.9. The Morgan fingerprint density at radius 2 is 2.10 bits per heavy atom. The molecule has 0 aliphatic carbocycles. The van der Waals surface area contributed by atoms with Crippen molar-refractivity contribution in [2.24, 2.45) is 4.99 Å². The van der Waals surface area contributed by atoms with E-state index < -0.39 is 0 Å². The number of amidine groups is 1. The number of amides is 1. The molecule has 0 bridgehead atoms. The van der Waals surface area contributed by atoms with Gasteiger partial charge in [0.2, 0.25) is 5.13 Å². The molecule has 1 aliphatic rings. The van der Waals surface area contributed by atoms with Crippen molar-refractivity contribution in [3.05, 3.63) is 65.6 Å². The lowest BCUT2D eigenvalue weighted by Crippen LogP contribution is -2.29. The number of methoxy groups -OCH3 is 1. The molecule has 29 heavy (non-hydrogen) atoms. The SMILES string of the molecule is C=CCN1C(=O)/C(=C/c2cccc(OC)c2O)S/C1=N/c1nc2ccccc2s1. The van der Waals surface area contributed by atoms with Crippen LogP contribution in [0.5, 0.6) is 11.5 Å². The van der Waals surface area contributed by atoms with Crippen LogP contribution in [0.25, 0.3) is 16.3 Å². The summed E-state index contributed by atoms with van der Waals surface area (Å²) in [6.45, 7) is 4.06. The first kappa shape index (κ1) is 19.2.